The van der Waals surface area contributed by atoms with Gasteiger partial charge in [-0.15, -0.1) is 11.8 Å². The topological polar surface area (TPSA) is 20.3 Å². The van der Waals surface area contributed by atoms with Crippen LogP contribution in [0.4, 0.5) is 0 Å². The highest BCUT2D eigenvalue weighted by atomic mass is 32.2. The Kier molecular flexibility index (Phi) is 4.30. The maximum absolute atomic E-state index is 12.2. The van der Waals surface area contributed by atoms with E-state index in [0.29, 0.717) is 6.42 Å². The van der Waals surface area contributed by atoms with E-state index in [4.69, 9.17) is 0 Å². The molecule has 3 heteroatoms. The highest BCUT2D eigenvalue weighted by Crippen LogP contribution is 2.37. The standard InChI is InChI=1S/C18H19NOS/c1-2-18(20)19-12-14-8-6-7-11-16(14)17(19)13-21-15-9-4-3-5-10-15/h3-11,17H,2,12-13H2,1H3. The summed E-state index contributed by atoms with van der Waals surface area (Å²) in [5.41, 5.74) is 2.60. The zero-order valence-electron chi connectivity index (χ0n) is 12.2. The molecule has 3 rings (SSSR count). The number of amides is 1. The van der Waals surface area contributed by atoms with E-state index in [1.54, 1.807) is 0 Å². The molecule has 0 aliphatic carbocycles. The summed E-state index contributed by atoms with van der Waals surface area (Å²) in [6.07, 6.45) is 0.570. The van der Waals surface area contributed by atoms with E-state index in [0.717, 1.165) is 12.3 Å². The summed E-state index contributed by atoms with van der Waals surface area (Å²) in [7, 11) is 0. The molecule has 0 aromatic heterocycles. The molecule has 108 valence electrons. The molecule has 2 nitrogen and oxygen atoms in total. The van der Waals surface area contributed by atoms with Gasteiger partial charge in [-0.1, -0.05) is 49.4 Å². The number of fused-ring (bicyclic) bond motifs is 1. The van der Waals surface area contributed by atoms with E-state index < -0.39 is 0 Å². The Bertz CT molecular complexity index is 626. The van der Waals surface area contributed by atoms with Crippen molar-refractivity contribution in [3.05, 3.63) is 65.7 Å². The quantitative estimate of drug-likeness (QED) is 0.785. The average Bonchev–Trinajstić information content (AvgIpc) is 2.92. The van der Waals surface area contributed by atoms with Gasteiger partial charge in [0.05, 0.1) is 6.04 Å². The first kappa shape index (κ1) is 14.2. The van der Waals surface area contributed by atoms with E-state index in [1.807, 2.05) is 29.7 Å². The molecule has 1 atom stereocenters. The number of carbonyl (C=O) groups excluding carboxylic acids is 1. The van der Waals surface area contributed by atoms with Crippen molar-refractivity contribution in [1.82, 2.24) is 4.90 Å². The van der Waals surface area contributed by atoms with Gasteiger partial charge in [0, 0.05) is 23.6 Å². The number of thioether (sulfide) groups is 1. The fraction of sp³-hybridized carbons (Fsp3) is 0.278. The molecule has 1 unspecified atom stereocenters. The van der Waals surface area contributed by atoms with E-state index in [-0.39, 0.29) is 11.9 Å². The monoisotopic (exact) mass is 297 g/mol. The second-order valence-corrected chi connectivity index (χ2v) is 6.31. The summed E-state index contributed by atoms with van der Waals surface area (Å²) in [5.74, 6) is 1.15. The van der Waals surface area contributed by atoms with Crippen LogP contribution in [0.2, 0.25) is 0 Å². The van der Waals surface area contributed by atoms with Crippen LogP contribution in [0, 0.1) is 0 Å². The van der Waals surface area contributed by atoms with Crippen molar-refractivity contribution in [2.24, 2.45) is 0 Å². The Labute approximate surface area is 130 Å². The van der Waals surface area contributed by atoms with Crippen molar-refractivity contribution < 1.29 is 4.79 Å². The maximum atomic E-state index is 12.2. The SMILES string of the molecule is CCC(=O)N1Cc2ccccc2C1CSc1ccccc1. The van der Waals surface area contributed by atoms with Gasteiger partial charge in [0.25, 0.3) is 0 Å². The lowest BCUT2D eigenvalue weighted by Crippen LogP contribution is -2.30. The van der Waals surface area contributed by atoms with Crippen LogP contribution in [-0.4, -0.2) is 16.6 Å². The molecule has 0 N–H and O–H groups in total. The third kappa shape index (κ3) is 2.98. The van der Waals surface area contributed by atoms with Gasteiger partial charge in [0.1, 0.15) is 0 Å². The number of hydrogen-bond acceptors (Lipinski definition) is 2. The van der Waals surface area contributed by atoms with Crippen LogP contribution >= 0.6 is 11.8 Å². The summed E-state index contributed by atoms with van der Waals surface area (Å²) in [6, 6.07) is 19.0. The van der Waals surface area contributed by atoms with E-state index in [9.17, 15) is 4.79 Å². The minimum Gasteiger partial charge on any atom is -0.330 e. The molecular formula is C18H19NOS. The molecule has 1 aliphatic rings. The summed E-state index contributed by atoms with van der Waals surface area (Å²) in [4.78, 5) is 15.5. The van der Waals surface area contributed by atoms with Crippen molar-refractivity contribution in [3.8, 4) is 0 Å². The summed E-state index contributed by atoms with van der Waals surface area (Å²) >= 11 is 1.82. The zero-order valence-corrected chi connectivity index (χ0v) is 13.0. The van der Waals surface area contributed by atoms with Gasteiger partial charge < -0.3 is 4.90 Å². The zero-order chi connectivity index (χ0) is 14.7. The van der Waals surface area contributed by atoms with E-state index >= 15 is 0 Å². The maximum Gasteiger partial charge on any atom is 0.223 e. The highest BCUT2D eigenvalue weighted by molar-refractivity contribution is 7.99. The third-order valence-electron chi connectivity index (χ3n) is 3.90. The van der Waals surface area contributed by atoms with Gasteiger partial charge in [0.15, 0.2) is 0 Å². The molecule has 0 bridgehead atoms. The summed E-state index contributed by atoms with van der Waals surface area (Å²) in [6.45, 7) is 2.69. The predicted octanol–water partition coefficient (Wildman–Crippen LogP) is 4.27. The Morgan fingerprint density at radius 3 is 2.62 bits per heavy atom. The van der Waals surface area contributed by atoms with Crippen molar-refractivity contribution in [3.63, 3.8) is 0 Å². The molecule has 2 aromatic rings. The van der Waals surface area contributed by atoms with Gasteiger partial charge in [-0.25, -0.2) is 0 Å². The molecular weight excluding hydrogens is 278 g/mol. The van der Waals surface area contributed by atoms with Gasteiger partial charge in [-0.3, -0.25) is 4.79 Å². The minimum absolute atomic E-state index is 0.193. The van der Waals surface area contributed by atoms with Gasteiger partial charge in [-0.05, 0) is 23.3 Å². The van der Waals surface area contributed by atoms with Gasteiger partial charge >= 0.3 is 0 Å². The molecule has 2 aromatic carbocycles. The van der Waals surface area contributed by atoms with Gasteiger partial charge in [0.2, 0.25) is 5.91 Å². The molecule has 0 saturated heterocycles. The normalized spacial score (nSPS) is 16.8. The first-order valence-electron chi connectivity index (χ1n) is 7.34. The van der Waals surface area contributed by atoms with Crippen LogP contribution in [0.25, 0.3) is 0 Å². The number of rotatable bonds is 4. The molecule has 0 radical (unpaired) electrons. The lowest BCUT2D eigenvalue weighted by molar-refractivity contribution is -0.132. The van der Waals surface area contributed by atoms with Crippen molar-refractivity contribution in [1.29, 1.82) is 0 Å². The fourth-order valence-electron chi connectivity index (χ4n) is 2.80. The molecule has 21 heavy (non-hydrogen) atoms. The van der Waals surface area contributed by atoms with Gasteiger partial charge in [-0.2, -0.15) is 0 Å². The van der Waals surface area contributed by atoms with E-state index in [1.165, 1.54) is 16.0 Å². The molecule has 0 spiro atoms. The van der Waals surface area contributed by atoms with Crippen molar-refractivity contribution >= 4 is 17.7 Å². The van der Waals surface area contributed by atoms with Crippen LogP contribution < -0.4 is 0 Å². The number of carbonyl (C=O) groups is 1. The first-order chi connectivity index (χ1) is 10.3. The average molecular weight is 297 g/mol. The highest BCUT2D eigenvalue weighted by Gasteiger charge is 2.32. The van der Waals surface area contributed by atoms with Crippen LogP contribution in [0.15, 0.2) is 59.5 Å². The Balaban J connectivity index is 1.80. The number of nitrogens with zero attached hydrogens (tertiary/aromatic N) is 1. The van der Waals surface area contributed by atoms with Crippen LogP contribution in [0.1, 0.15) is 30.5 Å². The molecule has 1 heterocycles. The van der Waals surface area contributed by atoms with Crippen LogP contribution in [-0.2, 0) is 11.3 Å². The lowest BCUT2D eigenvalue weighted by atomic mass is 10.1. The predicted molar refractivity (Wildman–Crippen MR) is 87.2 cm³/mol. The smallest absolute Gasteiger partial charge is 0.223 e. The second-order valence-electron chi connectivity index (χ2n) is 5.21. The number of benzene rings is 2. The Morgan fingerprint density at radius 1 is 1.14 bits per heavy atom. The summed E-state index contributed by atoms with van der Waals surface area (Å²) in [5, 5.41) is 0. The second kappa shape index (κ2) is 6.35. The Morgan fingerprint density at radius 2 is 1.86 bits per heavy atom. The Hall–Kier alpha value is -1.74. The van der Waals surface area contributed by atoms with Crippen LogP contribution in [0.3, 0.4) is 0 Å². The lowest BCUT2D eigenvalue weighted by Gasteiger charge is -2.24. The molecule has 0 saturated carbocycles. The third-order valence-corrected chi connectivity index (χ3v) is 4.99. The molecule has 1 aliphatic heterocycles. The fourth-order valence-corrected chi connectivity index (χ4v) is 3.86. The first-order valence-corrected chi connectivity index (χ1v) is 8.33. The van der Waals surface area contributed by atoms with Crippen molar-refractivity contribution in [2.75, 3.05) is 5.75 Å². The van der Waals surface area contributed by atoms with Crippen molar-refractivity contribution in [2.45, 2.75) is 30.8 Å². The molecule has 1 amide bonds. The van der Waals surface area contributed by atoms with E-state index in [2.05, 4.69) is 48.5 Å². The summed E-state index contributed by atoms with van der Waals surface area (Å²) < 4.78 is 0. The minimum atomic E-state index is 0.193. The van der Waals surface area contributed by atoms with Crippen LogP contribution in [0.5, 0.6) is 0 Å². The molecule has 0 fully saturated rings. The largest absolute Gasteiger partial charge is 0.330 e. The number of hydrogen-bond donors (Lipinski definition) is 0.